The molecule has 2 aliphatic heterocycles. The van der Waals surface area contributed by atoms with Crippen LogP contribution in [-0.4, -0.2) is 58.5 Å². The van der Waals surface area contributed by atoms with Gasteiger partial charge >= 0.3 is 5.97 Å². The van der Waals surface area contributed by atoms with Gasteiger partial charge in [-0.3, -0.25) is 4.79 Å². The third-order valence-electron chi connectivity index (χ3n) is 9.19. The Labute approximate surface area is 191 Å². The Kier molecular flexibility index (Phi) is 5.71. The largest absolute Gasteiger partial charge is 0.461 e. The highest BCUT2D eigenvalue weighted by atomic mass is 16.6. The van der Waals surface area contributed by atoms with Crippen LogP contribution in [0.5, 0.6) is 0 Å². The number of rotatable bonds is 4. The van der Waals surface area contributed by atoms with Gasteiger partial charge in [0.25, 0.3) is 0 Å². The van der Waals surface area contributed by atoms with Crippen LogP contribution in [0.1, 0.15) is 51.5 Å². The van der Waals surface area contributed by atoms with E-state index in [-0.39, 0.29) is 29.3 Å². The predicted octanol–water partition coefficient (Wildman–Crippen LogP) is 3.34. The summed E-state index contributed by atoms with van der Waals surface area (Å²) >= 11 is 0. The Morgan fingerprint density at radius 3 is 2.62 bits per heavy atom. The molecule has 174 valence electrons. The normalized spacial score (nSPS) is 39.1. The first-order chi connectivity index (χ1) is 15.3. The van der Waals surface area contributed by atoms with Gasteiger partial charge in [-0.15, -0.1) is 0 Å². The average molecular weight is 440 g/mol. The molecule has 0 unspecified atom stereocenters. The molecular formula is C27H37NO4. The molecule has 1 saturated carbocycles. The zero-order valence-corrected chi connectivity index (χ0v) is 19.4. The second kappa shape index (κ2) is 8.27. The van der Waals surface area contributed by atoms with Crippen LogP contribution in [0.3, 0.4) is 0 Å². The third-order valence-corrected chi connectivity index (χ3v) is 9.19. The number of carbonyl (C=O) groups is 1. The first-order valence-electron chi connectivity index (χ1n) is 12.4. The van der Waals surface area contributed by atoms with E-state index in [0.29, 0.717) is 31.7 Å². The highest BCUT2D eigenvalue weighted by Crippen LogP contribution is 2.56. The molecule has 5 heteroatoms. The maximum atomic E-state index is 12.9. The van der Waals surface area contributed by atoms with Crippen LogP contribution in [0.4, 0.5) is 0 Å². The van der Waals surface area contributed by atoms with Crippen LogP contribution in [0.15, 0.2) is 42.0 Å². The maximum absolute atomic E-state index is 12.9. The zero-order chi connectivity index (χ0) is 22.5. The highest BCUT2D eigenvalue weighted by Gasteiger charge is 2.59. The SMILES string of the molecule is C[C@H]1CCC=C2C[C@H]3OC(=O)[C@H](CN4CCC(O)(Cc5ccccc5)CC4)[C@H]3[C@@H](O)[C@@]21C. The molecule has 3 fully saturated rings. The van der Waals surface area contributed by atoms with Gasteiger partial charge in [0.1, 0.15) is 6.10 Å². The molecule has 2 saturated heterocycles. The van der Waals surface area contributed by atoms with Gasteiger partial charge in [-0.1, -0.05) is 55.8 Å². The topological polar surface area (TPSA) is 70.0 Å². The Morgan fingerprint density at radius 2 is 1.91 bits per heavy atom. The van der Waals surface area contributed by atoms with Crippen LogP contribution in [-0.2, 0) is 16.0 Å². The number of esters is 1. The van der Waals surface area contributed by atoms with E-state index >= 15 is 0 Å². The number of carbonyl (C=O) groups excluding carboxylic acids is 1. The van der Waals surface area contributed by atoms with Crippen molar-refractivity contribution in [3.63, 3.8) is 0 Å². The van der Waals surface area contributed by atoms with Gasteiger partial charge in [0, 0.05) is 43.8 Å². The summed E-state index contributed by atoms with van der Waals surface area (Å²) in [7, 11) is 0. The number of aliphatic hydroxyl groups is 2. The molecule has 1 aromatic rings. The lowest BCUT2D eigenvalue weighted by molar-refractivity contribution is -0.145. The maximum Gasteiger partial charge on any atom is 0.311 e. The average Bonchev–Trinajstić information content (AvgIpc) is 3.08. The molecule has 32 heavy (non-hydrogen) atoms. The van der Waals surface area contributed by atoms with Crippen LogP contribution in [0.25, 0.3) is 0 Å². The summed E-state index contributed by atoms with van der Waals surface area (Å²) in [6, 6.07) is 10.2. The van der Waals surface area contributed by atoms with Gasteiger partial charge in [0.15, 0.2) is 0 Å². The summed E-state index contributed by atoms with van der Waals surface area (Å²) < 4.78 is 5.82. The van der Waals surface area contributed by atoms with E-state index in [1.54, 1.807) is 0 Å². The standard InChI is InChI=1S/C27H37NO4/c1-18-7-6-10-20-15-22-23(24(29)26(18,20)2)21(25(30)32-22)17-28-13-11-27(31,12-14-28)16-19-8-4-3-5-9-19/h3-5,8-10,18,21-24,29,31H,6-7,11-17H2,1-2H3/t18-,21+,22+,23+,24+,26+/m0/s1. The van der Waals surface area contributed by atoms with Crippen LogP contribution < -0.4 is 0 Å². The quantitative estimate of drug-likeness (QED) is 0.556. The van der Waals surface area contributed by atoms with Gasteiger partial charge < -0.3 is 19.8 Å². The van der Waals surface area contributed by atoms with E-state index in [1.807, 2.05) is 18.2 Å². The van der Waals surface area contributed by atoms with Crippen LogP contribution in [0.2, 0.25) is 0 Å². The van der Waals surface area contributed by atoms with Crippen molar-refractivity contribution in [1.82, 2.24) is 4.90 Å². The van der Waals surface area contributed by atoms with E-state index in [1.165, 1.54) is 5.57 Å². The first kappa shape index (κ1) is 22.1. The van der Waals surface area contributed by atoms with E-state index in [0.717, 1.165) is 37.9 Å². The van der Waals surface area contributed by atoms with Crippen molar-refractivity contribution in [3.05, 3.63) is 47.5 Å². The molecule has 4 aliphatic rings. The number of hydrogen-bond acceptors (Lipinski definition) is 5. The number of aliphatic hydroxyl groups excluding tert-OH is 1. The summed E-state index contributed by atoms with van der Waals surface area (Å²) in [5.41, 5.74) is 1.49. The van der Waals surface area contributed by atoms with Gasteiger partial charge in [-0.25, -0.2) is 0 Å². The first-order valence-corrected chi connectivity index (χ1v) is 12.4. The molecule has 2 N–H and O–H groups in total. The Bertz CT molecular complexity index is 875. The van der Waals surface area contributed by atoms with E-state index in [2.05, 4.69) is 37.0 Å². The molecule has 1 aromatic carbocycles. The van der Waals surface area contributed by atoms with Gasteiger partial charge in [-0.2, -0.15) is 0 Å². The third kappa shape index (κ3) is 3.72. The summed E-state index contributed by atoms with van der Waals surface area (Å²) in [6.45, 7) is 6.57. The molecule has 6 atom stereocenters. The van der Waals surface area contributed by atoms with Gasteiger partial charge in [0.2, 0.25) is 0 Å². The minimum Gasteiger partial charge on any atom is -0.461 e. The monoisotopic (exact) mass is 439 g/mol. The lowest BCUT2D eigenvalue weighted by Crippen LogP contribution is -2.55. The van der Waals surface area contributed by atoms with Crippen molar-refractivity contribution in [2.75, 3.05) is 19.6 Å². The minimum atomic E-state index is -0.689. The molecule has 2 heterocycles. The summed E-state index contributed by atoms with van der Waals surface area (Å²) in [4.78, 5) is 15.2. The number of piperidine rings is 1. The molecular weight excluding hydrogens is 402 g/mol. The minimum absolute atomic E-state index is 0.143. The highest BCUT2D eigenvalue weighted by molar-refractivity contribution is 5.76. The number of likely N-dealkylation sites (tertiary alicyclic amines) is 1. The molecule has 5 nitrogen and oxygen atoms in total. The number of nitrogens with zero attached hydrogens (tertiary/aromatic N) is 1. The molecule has 0 amide bonds. The van der Waals surface area contributed by atoms with Crippen molar-refractivity contribution in [3.8, 4) is 0 Å². The predicted molar refractivity (Wildman–Crippen MR) is 123 cm³/mol. The van der Waals surface area contributed by atoms with Crippen molar-refractivity contribution in [2.24, 2.45) is 23.2 Å². The number of ether oxygens (including phenoxy) is 1. The smallest absolute Gasteiger partial charge is 0.311 e. The molecule has 0 aromatic heterocycles. The summed E-state index contributed by atoms with van der Waals surface area (Å²) in [5.74, 6) is -0.185. The van der Waals surface area contributed by atoms with E-state index < -0.39 is 11.7 Å². The van der Waals surface area contributed by atoms with Gasteiger partial charge in [0.05, 0.1) is 17.6 Å². The summed E-state index contributed by atoms with van der Waals surface area (Å²) in [5, 5.41) is 22.7. The molecule has 2 aliphatic carbocycles. The molecule has 0 bridgehead atoms. The number of allylic oxidation sites excluding steroid dienone is 1. The lowest BCUT2D eigenvalue weighted by Gasteiger charge is -2.52. The van der Waals surface area contributed by atoms with E-state index in [9.17, 15) is 15.0 Å². The van der Waals surface area contributed by atoms with Crippen molar-refractivity contribution >= 4 is 5.97 Å². The number of fused-ring (bicyclic) bond motifs is 2. The molecule has 5 rings (SSSR count). The van der Waals surface area contributed by atoms with Crippen molar-refractivity contribution in [2.45, 2.75) is 70.2 Å². The Morgan fingerprint density at radius 1 is 1.19 bits per heavy atom. The van der Waals surface area contributed by atoms with Crippen molar-refractivity contribution < 1.29 is 19.7 Å². The van der Waals surface area contributed by atoms with E-state index in [4.69, 9.17) is 4.74 Å². The van der Waals surface area contributed by atoms with Gasteiger partial charge in [-0.05, 0) is 37.2 Å². The lowest BCUT2D eigenvalue weighted by atomic mass is 9.55. The molecule has 0 spiro atoms. The zero-order valence-electron chi connectivity index (χ0n) is 19.4. The fourth-order valence-corrected chi connectivity index (χ4v) is 6.86. The molecule has 0 radical (unpaired) electrons. The Hall–Kier alpha value is -1.69. The number of benzene rings is 1. The van der Waals surface area contributed by atoms with Crippen LogP contribution >= 0.6 is 0 Å². The Balaban J connectivity index is 1.26. The summed E-state index contributed by atoms with van der Waals surface area (Å²) in [6.07, 6.45) is 6.48. The fourth-order valence-electron chi connectivity index (χ4n) is 6.86. The second-order valence-electron chi connectivity index (χ2n) is 11.0. The van der Waals surface area contributed by atoms with Crippen LogP contribution in [0, 0.1) is 23.2 Å². The fraction of sp³-hybridized carbons (Fsp3) is 0.667. The second-order valence-corrected chi connectivity index (χ2v) is 11.0. The number of hydrogen-bond donors (Lipinski definition) is 2. The van der Waals surface area contributed by atoms with Crippen molar-refractivity contribution in [1.29, 1.82) is 0 Å².